The third-order valence-electron chi connectivity index (χ3n) is 3.03. The van der Waals surface area contributed by atoms with Gasteiger partial charge in [0.25, 0.3) is 5.91 Å². The molecule has 18 heavy (non-hydrogen) atoms. The molecule has 0 bridgehead atoms. The molecule has 0 radical (unpaired) electrons. The molecule has 0 saturated carbocycles. The molecule has 1 aromatic heterocycles. The van der Waals surface area contributed by atoms with Crippen molar-refractivity contribution in [1.29, 1.82) is 0 Å². The van der Waals surface area contributed by atoms with Gasteiger partial charge in [0.1, 0.15) is 5.82 Å². The van der Waals surface area contributed by atoms with Crippen LogP contribution in [0.5, 0.6) is 0 Å². The maximum absolute atomic E-state index is 12.2. The lowest BCUT2D eigenvalue weighted by Gasteiger charge is -2.09. The van der Waals surface area contributed by atoms with Crippen LogP contribution in [-0.4, -0.2) is 20.7 Å². The van der Waals surface area contributed by atoms with Gasteiger partial charge in [-0.25, -0.2) is 0 Å². The number of aromatic nitrogens is 3. The van der Waals surface area contributed by atoms with Crippen molar-refractivity contribution in [3.63, 3.8) is 0 Å². The third kappa shape index (κ3) is 1.56. The van der Waals surface area contributed by atoms with Crippen molar-refractivity contribution in [2.75, 3.05) is 0 Å². The Morgan fingerprint density at radius 3 is 2.94 bits per heavy atom. The average Bonchev–Trinajstić information content (AvgIpc) is 2.66. The van der Waals surface area contributed by atoms with Gasteiger partial charge in [-0.15, -0.1) is 10.2 Å². The topological polar surface area (TPSA) is 59.8 Å². The van der Waals surface area contributed by atoms with Crippen LogP contribution in [0, 0.1) is 6.92 Å². The Hall–Kier alpha value is -1.69. The predicted octanol–water partition coefficient (Wildman–Crippen LogP) is 2.14. The average molecular weight is 307 g/mol. The highest BCUT2D eigenvalue weighted by molar-refractivity contribution is 9.10. The maximum Gasteiger partial charge on any atom is 0.254 e. The van der Waals surface area contributed by atoms with Crippen LogP contribution < -0.4 is 5.32 Å². The molecular formula is C12H11BrN4O. The van der Waals surface area contributed by atoms with Crippen LogP contribution in [0.3, 0.4) is 0 Å². The van der Waals surface area contributed by atoms with Crippen molar-refractivity contribution in [3.8, 4) is 5.69 Å². The first kappa shape index (κ1) is 11.4. The number of carbonyl (C=O) groups is 1. The quantitative estimate of drug-likeness (QED) is 0.811. The molecule has 0 spiro atoms. The van der Waals surface area contributed by atoms with Crippen LogP contribution in [0.4, 0.5) is 0 Å². The van der Waals surface area contributed by atoms with E-state index in [1.807, 2.05) is 36.6 Å². The molecular weight excluding hydrogens is 296 g/mol. The highest BCUT2D eigenvalue weighted by atomic mass is 79.9. The Morgan fingerprint density at radius 1 is 1.39 bits per heavy atom. The zero-order valence-corrected chi connectivity index (χ0v) is 11.5. The van der Waals surface area contributed by atoms with Gasteiger partial charge in [0.2, 0.25) is 0 Å². The monoisotopic (exact) mass is 306 g/mol. The van der Waals surface area contributed by atoms with Crippen LogP contribution in [0.25, 0.3) is 5.69 Å². The Balaban J connectivity index is 2.35. The van der Waals surface area contributed by atoms with Gasteiger partial charge < -0.3 is 5.32 Å². The van der Waals surface area contributed by atoms with Gasteiger partial charge in [0.05, 0.1) is 17.3 Å². The van der Waals surface area contributed by atoms with E-state index in [4.69, 9.17) is 0 Å². The van der Waals surface area contributed by atoms with Gasteiger partial charge in [-0.1, -0.05) is 15.9 Å². The van der Waals surface area contributed by atoms with Crippen molar-refractivity contribution in [2.24, 2.45) is 0 Å². The Labute approximate surface area is 112 Å². The zero-order valence-electron chi connectivity index (χ0n) is 9.94. The first-order chi connectivity index (χ1) is 8.58. The van der Waals surface area contributed by atoms with Gasteiger partial charge in [-0.3, -0.25) is 9.36 Å². The number of rotatable bonds is 0. The molecule has 1 aliphatic heterocycles. The molecule has 1 aliphatic rings. The second kappa shape index (κ2) is 3.91. The fourth-order valence-electron chi connectivity index (χ4n) is 2.18. The standard InChI is InChI=1S/C12H11BrN4O/c1-6-11-16-15-7(2)17(11)10-4-3-8(13)5-9(10)12(18)14-6/h3-6H,1-2H3,(H,14,18)/t6-/m0/s1. The van der Waals surface area contributed by atoms with E-state index in [-0.39, 0.29) is 11.9 Å². The highest BCUT2D eigenvalue weighted by Gasteiger charge is 2.26. The van der Waals surface area contributed by atoms with E-state index < -0.39 is 0 Å². The number of benzene rings is 1. The second-order valence-electron chi connectivity index (χ2n) is 4.30. The van der Waals surface area contributed by atoms with Crippen molar-refractivity contribution in [3.05, 3.63) is 39.9 Å². The van der Waals surface area contributed by atoms with Crippen molar-refractivity contribution in [2.45, 2.75) is 19.9 Å². The number of hydrogen-bond donors (Lipinski definition) is 1. The van der Waals surface area contributed by atoms with Crippen molar-refractivity contribution in [1.82, 2.24) is 20.1 Å². The van der Waals surface area contributed by atoms with Crippen LogP contribution >= 0.6 is 15.9 Å². The number of halogens is 1. The van der Waals surface area contributed by atoms with Gasteiger partial charge in [-0.05, 0) is 32.0 Å². The molecule has 2 heterocycles. The van der Waals surface area contributed by atoms with Crippen LogP contribution in [0.2, 0.25) is 0 Å². The summed E-state index contributed by atoms with van der Waals surface area (Å²) in [5, 5.41) is 11.1. The second-order valence-corrected chi connectivity index (χ2v) is 5.21. The molecule has 3 rings (SSSR count). The number of aryl methyl sites for hydroxylation is 1. The van der Waals surface area contributed by atoms with Gasteiger partial charge in [0, 0.05) is 4.47 Å². The zero-order chi connectivity index (χ0) is 12.9. The smallest absolute Gasteiger partial charge is 0.254 e. The number of carbonyl (C=O) groups excluding carboxylic acids is 1. The van der Waals surface area contributed by atoms with Crippen molar-refractivity contribution >= 4 is 21.8 Å². The van der Waals surface area contributed by atoms with Gasteiger partial charge in [-0.2, -0.15) is 0 Å². The number of fused-ring (bicyclic) bond motifs is 3. The minimum Gasteiger partial charge on any atom is -0.342 e. The Kier molecular flexibility index (Phi) is 2.48. The molecule has 0 unspecified atom stereocenters. The molecule has 0 aliphatic carbocycles. The molecule has 0 fully saturated rings. The minimum absolute atomic E-state index is 0.0938. The fourth-order valence-corrected chi connectivity index (χ4v) is 2.54. The fraction of sp³-hybridized carbons (Fsp3) is 0.250. The van der Waals surface area contributed by atoms with E-state index in [0.717, 1.165) is 21.8 Å². The van der Waals surface area contributed by atoms with Crippen LogP contribution in [0.1, 0.15) is 35.0 Å². The normalized spacial score (nSPS) is 17.7. The summed E-state index contributed by atoms with van der Waals surface area (Å²) in [5.74, 6) is 1.43. The summed E-state index contributed by atoms with van der Waals surface area (Å²) < 4.78 is 2.79. The molecule has 6 heteroatoms. The third-order valence-corrected chi connectivity index (χ3v) is 3.52. The molecule has 1 aromatic carbocycles. The molecule has 1 atom stereocenters. The van der Waals surface area contributed by atoms with Crippen molar-refractivity contribution < 1.29 is 4.79 Å². The molecule has 2 aromatic rings. The Bertz CT molecular complexity index is 650. The minimum atomic E-state index is -0.162. The van der Waals surface area contributed by atoms with E-state index in [0.29, 0.717) is 5.56 Å². The number of hydrogen-bond acceptors (Lipinski definition) is 3. The summed E-state index contributed by atoms with van der Waals surface area (Å²) in [5.41, 5.74) is 1.44. The molecule has 1 N–H and O–H groups in total. The van der Waals surface area contributed by atoms with Gasteiger partial charge in [0.15, 0.2) is 5.82 Å². The SMILES string of the molecule is Cc1nnc2n1-c1ccc(Br)cc1C(=O)N[C@H]2C. The maximum atomic E-state index is 12.2. The molecule has 5 nitrogen and oxygen atoms in total. The lowest BCUT2D eigenvalue weighted by Crippen LogP contribution is -2.25. The van der Waals surface area contributed by atoms with E-state index >= 15 is 0 Å². The molecule has 0 saturated heterocycles. The number of amides is 1. The number of nitrogens with one attached hydrogen (secondary N) is 1. The first-order valence-electron chi connectivity index (χ1n) is 5.60. The lowest BCUT2D eigenvalue weighted by molar-refractivity contribution is 0.0941. The summed E-state index contributed by atoms with van der Waals surface area (Å²) in [6.07, 6.45) is 0. The summed E-state index contributed by atoms with van der Waals surface area (Å²) in [7, 11) is 0. The highest BCUT2D eigenvalue weighted by Crippen LogP contribution is 2.27. The van der Waals surface area contributed by atoms with E-state index in [1.165, 1.54) is 0 Å². The van der Waals surface area contributed by atoms with E-state index in [2.05, 4.69) is 31.4 Å². The van der Waals surface area contributed by atoms with E-state index in [9.17, 15) is 4.79 Å². The number of nitrogens with zero attached hydrogens (tertiary/aromatic N) is 3. The molecule has 1 amide bonds. The lowest BCUT2D eigenvalue weighted by atomic mass is 10.1. The summed E-state index contributed by atoms with van der Waals surface area (Å²) in [4.78, 5) is 12.2. The van der Waals surface area contributed by atoms with Crippen LogP contribution in [0.15, 0.2) is 22.7 Å². The van der Waals surface area contributed by atoms with Crippen LogP contribution in [-0.2, 0) is 0 Å². The van der Waals surface area contributed by atoms with E-state index in [1.54, 1.807) is 0 Å². The van der Waals surface area contributed by atoms with Gasteiger partial charge >= 0.3 is 0 Å². The summed E-state index contributed by atoms with van der Waals surface area (Å²) in [6, 6.07) is 5.46. The molecule has 92 valence electrons. The largest absolute Gasteiger partial charge is 0.342 e. The first-order valence-corrected chi connectivity index (χ1v) is 6.40. The summed E-state index contributed by atoms with van der Waals surface area (Å²) >= 11 is 3.39. The summed E-state index contributed by atoms with van der Waals surface area (Å²) in [6.45, 7) is 3.78. The predicted molar refractivity (Wildman–Crippen MR) is 69.7 cm³/mol. The Morgan fingerprint density at radius 2 is 2.17 bits per heavy atom.